The van der Waals surface area contributed by atoms with Crippen molar-refractivity contribution < 1.29 is 0 Å². The first kappa shape index (κ1) is 11.7. The topological polar surface area (TPSA) is 47.7 Å². The van der Waals surface area contributed by atoms with Crippen molar-refractivity contribution in [2.45, 2.75) is 33.4 Å². The highest BCUT2D eigenvalue weighted by molar-refractivity contribution is 5.29. The second-order valence-electron chi connectivity index (χ2n) is 4.21. The van der Waals surface area contributed by atoms with E-state index >= 15 is 0 Å². The Kier molecular flexibility index (Phi) is 3.46. The molecule has 5 heteroatoms. The molecule has 0 radical (unpaired) electrons. The minimum absolute atomic E-state index is 0.764. The van der Waals surface area contributed by atoms with Crippen LogP contribution in [-0.4, -0.2) is 19.3 Å². The minimum atomic E-state index is 0.764. The second-order valence-corrected chi connectivity index (χ2v) is 4.21. The second kappa shape index (κ2) is 5.03. The third-order valence-electron chi connectivity index (χ3n) is 2.73. The van der Waals surface area contributed by atoms with Gasteiger partial charge >= 0.3 is 0 Å². The molecule has 0 saturated carbocycles. The molecule has 0 aliphatic heterocycles. The van der Waals surface area contributed by atoms with Gasteiger partial charge in [-0.15, -0.1) is 0 Å². The number of hydrogen-bond donors (Lipinski definition) is 1. The molecule has 0 aromatic carbocycles. The molecule has 1 N–H and O–H groups in total. The summed E-state index contributed by atoms with van der Waals surface area (Å²) < 4.78 is 3.97. The molecular formula is C12H19N5. The van der Waals surface area contributed by atoms with Crippen LogP contribution >= 0.6 is 0 Å². The van der Waals surface area contributed by atoms with Crippen LogP contribution in [-0.2, 0) is 20.1 Å². The van der Waals surface area contributed by atoms with Crippen LogP contribution in [0, 0.1) is 6.92 Å². The van der Waals surface area contributed by atoms with E-state index < -0.39 is 0 Å². The lowest BCUT2D eigenvalue weighted by molar-refractivity contribution is 0.682. The van der Waals surface area contributed by atoms with Crippen LogP contribution in [0.1, 0.15) is 24.6 Å². The van der Waals surface area contributed by atoms with Gasteiger partial charge in [-0.05, 0) is 13.3 Å². The first-order valence-corrected chi connectivity index (χ1v) is 5.95. The van der Waals surface area contributed by atoms with Gasteiger partial charge < -0.3 is 9.88 Å². The van der Waals surface area contributed by atoms with Gasteiger partial charge in [0.15, 0.2) is 0 Å². The first-order valence-electron chi connectivity index (χ1n) is 5.95. The summed E-state index contributed by atoms with van der Waals surface area (Å²) in [6.07, 6.45) is 6.97. The Morgan fingerprint density at radius 3 is 2.88 bits per heavy atom. The van der Waals surface area contributed by atoms with Gasteiger partial charge in [-0.2, -0.15) is 5.10 Å². The number of aryl methyl sites for hydroxylation is 3. The van der Waals surface area contributed by atoms with Gasteiger partial charge in [-0.3, -0.25) is 4.68 Å². The van der Waals surface area contributed by atoms with Crippen molar-refractivity contribution in [3.8, 4) is 0 Å². The molecule has 2 aromatic rings. The number of hydrogen-bond acceptors (Lipinski definition) is 3. The Morgan fingerprint density at radius 1 is 1.41 bits per heavy atom. The first-order chi connectivity index (χ1) is 8.20. The summed E-state index contributed by atoms with van der Waals surface area (Å²) in [7, 11) is 1.94. The van der Waals surface area contributed by atoms with Crippen LogP contribution < -0.4 is 5.32 Å². The maximum absolute atomic E-state index is 4.32. The van der Waals surface area contributed by atoms with E-state index in [9.17, 15) is 0 Å². The zero-order valence-electron chi connectivity index (χ0n) is 10.6. The molecule has 0 aliphatic rings. The molecular weight excluding hydrogens is 214 g/mol. The fourth-order valence-electron chi connectivity index (χ4n) is 1.89. The number of nitrogens with zero attached hydrogens (tertiary/aromatic N) is 4. The molecule has 0 fully saturated rings. The lowest BCUT2D eigenvalue weighted by atomic mass is 10.3. The van der Waals surface area contributed by atoms with E-state index in [2.05, 4.69) is 26.9 Å². The molecule has 0 spiro atoms. The van der Waals surface area contributed by atoms with Crippen molar-refractivity contribution in [3.63, 3.8) is 0 Å². The number of imidazole rings is 1. The Balaban J connectivity index is 2.02. The molecule has 92 valence electrons. The van der Waals surface area contributed by atoms with Crippen molar-refractivity contribution in [1.29, 1.82) is 0 Å². The predicted octanol–water partition coefficient (Wildman–Crippen LogP) is 1.95. The van der Waals surface area contributed by atoms with Gasteiger partial charge in [-0.1, -0.05) is 6.92 Å². The maximum Gasteiger partial charge on any atom is 0.203 e. The van der Waals surface area contributed by atoms with Crippen LogP contribution in [0.25, 0.3) is 0 Å². The summed E-state index contributed by atoms with van der Waals surface area (Å²) in [5, 5.41) is 7.67. The highest BCUT2D eigenvalue weighted by Crippen LogP contribution is 2.10. The van der Waals surface area contributed by atoms with E-state index in [1.807, 2.05) is 37.2 Å². The fourth-order valence-corrected chi connectivity index (χ4v) is 1.89. The zero-order valence-corrected chi connectivity index (χ0v) is 10.6. The third kappa shape index (κ3) is 2.67. The van der Waals surface area contributed by atoms with Crippen LogP contribution in [0.2, 0.25) is 0 Å². The SMILES string of the molecule is CCCn1ccnc1NCc1cn(C)nc1C. The number of nitrogens with one attached hydrogen (secondary N) is 1. The van der Waals surface area contributed by atoms with Crippen molar-refractivity contribution in [3.05, 3.63) is 29.8 Å². The van der Waals surface area contributed by atoms with Gasteiger partial charge in [0, 0.05) is 44.3 Å². The standard InChI is InChI=1S/C12H19N5/c1-4-6-17-7-5-13-12(17)14-8-11-9-16(3)15-10(11)2/h5,7,9H,4,6,8H2,1-3H3,(H,13,14). The largest absolute Gasteiger partial charge is 0.351 e. The molecule has 0 unspecified atom stereocenters. The number of rotatable bonds is 5. The summed E-state index contributed by atoms with van der Waals surface area (Å²) in [6.45, 7) is 5.94. The summed E-state index contributed by atoms with van der Waals surface area (Å²) in [5.74, 6) is 0.926. The Morgan fingerprint density at radius 2 is 2.24 bits per heavy atom. The van der Waals surface area contributed by atoms with Crippen molar-refractivity contribution in [2.24, 2.45) is 7.05 Å². The number of anilines is 1. The van der Waals surface area contributed by atoms with Gasteiger partial charge in [-0.25, -0.2) is 4.98 Å². The van der Waals surface area contributed by atoms with Crippen LogP contribution in [0.3, 0.4) is 0 Å². The quantitative estimate of drug-likeness (QED) is 0.858. The maximum atomic E-state index is 4.32. The van der Waals surface area contributed by atoms with Crippen LogP contribution in [0.4, 0.5) is 5.95 Å². The van der Waals surface area contributed by atoms with Gasteiger partial charge in [0.25, 0.3) is 0 Å². The summed E-state index contributed by atoms with van der Waals surface area (Å²) in [6, 6.07) is 0. The summed E-state index contributed by atoms with van der Waals surface area (Å²) >= 11 is 0. The van der Waals surface area contributed by atoms with E-state index in [1.165, 1.54) is 5.56 Å². The molecule has 17 heavy (non-hydrogen) atoms. The third-order valence-corrected chi connectivity index (χ3v) is 2.73. The molecule has 0 aliphatic carbocycles. The monoisotopic (exact) mass is 233 g/mol. The molecule has 5 nitrogen and oxygen atoms in total. The number of aromatic nitrogens is 4. The van der Waals surface area contributed by atoms with Gasteiger partial charge in [0.1, 0.15) is 0 Å². The van der Waals surface area contributed by atoms with Crippen LogP contribution in [0.15, 0.2) is 18.6 Å². The lowest BCUT2D eigenvalue weighted by Gasteiger charge is -2.08. The molecule has 2 heterocycles. The highest BCUT2D eigenvalue weighted by Gasteiger charge is 2.05. The van der Waals surface area contributed by atoms with E-state index in [0.717, 1.165) is 31.2 Å². The fraction of sp³-hybridized carbons (Fsp3) is 0.500. The smallest absolute Gasteiger partial charge is 0.203 e. The molecule has 0 bridgehead atoms. The lowest BCUT2D eigenvalue weighted by Crippen LogP contribution is -2.07. The molecule has 2 rings (SSSR count). The molecule has 2 aromatic heterocycles. The average Bonchev–Trinajstić information content (AvgIpc) is 2.83. The Bertz CT molecular complexity index is 483. The summed E-state index contributed by atoms with van der Waals surface area (Å²) in [4.78, 5) is 4.31. The molecule has 0 saturated heterocycles. The van der Waals surface area contributed by atoms with Crippen LogP contribution in [0.5, 0.6) is 0 Å². The highest BCUT2D eigenvalue weighted by atomic mass is 15.3. The summed E-state index contributed by atoms with van der Waals surface area (Å²) in [5.41, 5.74) is 2.27. The Labute approximate surface area is 101 Å². The molecule has 0 atom stereocenters. The van der Waals surface area contributed by atoms with Gasteiger partial charge in [0.2, 0.25) is 5.95 Å². The van der Waals surface area contributed by atoms with Gasteiger partial charge in [0.05, 0.1) is 5.69 Å². The van der Waals surface area contributed by atoms with Crippen molar-refractivity contribution >= 4 is 5.95 Å². The minimum Gasteiger partial charge on any atom is -0.351 e. The van der Waals surface area contributed by atoms with E-state index in [1.54, 1.807) is 0 Å². The normalized spacial score (nSPS) is 10.8. The van der Waals surface area contributed by atoms with E-state index in [-0.39, 0.29) is 0 Å². The molecule has 0 amide bonds. The van der Waals surface area contributed by atoms with Crippen molar-refractivity contribution in [1.82, 2.24) is 19.3 Å². The zero-order chi connectivity index (χ0) is 12.3. The van der Waals surface area contributed by atoms with Crippen molar-refractivity contribution in [2.75, 3.05) is 5.32 Å². The van der Waals surface area contributed by atoms with E-state index in [0.29, 0.717) is 0 Å². The average molecular weight is 233 g/mol. The van der Waals surface area contributed by atoms with E-state index in [4.69, 9.17) is 0 Å². The Hall–Kier alpha value is -1.78. The predicted molar refractivity (Wildman–Crippen MR) is 67.8 cm³/mol.